The van der Waals surface area contributed by atoms with Gasteiger partial charge < -0.3 is 15.1 Å². The normalized spacial score (nSPS) is 12.0. The van der Waals surface area contributed by atoms with Crippen molar-refractivity contribution >= 4 is 5.69 Å². The van der Waals surface area contributed by atoms with Crippen LogP contribution in [0.25, 0.3) is 0 Å². The lowest BCUT2D eigenvalue weighted by molar-refractivity contribution is 0.411. The minimum atomic E-state index is 0.125. The standard InChI is InChI=1S/C17H32N4/c1-7-10-21(12-11-20(5)6)16-14-18-9-8-15(16)13-19-17(2,3)4/h8-9,14,19H,7,10-13H2,1-6H3. The highest BCUT2D eigenvalue weighted by Gasteiger charge is 2.14. The van der Waals surface area contributed by atoms with Crippen molar-refractivity contribution in [2.75, 3.05) is 38.6 Å². The van der Waals surface area contributed by atoms with E-state index in [1.807, 2.05) is 12.4 Å². The molecule has 0 bridgehead atoms. The summed E-state index contributed by atoms with van der Waals surface area (Å²) in [6.07, 6.45) is 5.04. The highest BCUT2D eigenvalue weighted by atomic mass is 15.2. The van der Waals surface area contributed by atoms with Crippen LogP contribution in [0.3, 0.4) is 0 Å². The molecule has 120 valence electrons. The van der Waals surface area contributed by atoms with Gasteiger partial charge in [0.25, 0.3) is 0 Å². The Hall–Kier alpha value is -1.13. The second-order valence-electron chi connectivity index (χ2n) is 6.90. The van der Waals surface area contributed by atoms with Crippen molar-refractivity contribution in [3.8, 4) is 0 Å². The summed E-state index contributed by atoms with van der Waals surface area (Å²) in [5.41, 5.74) is 2.71. The molecule has 0 aromatic carbocycles. The zero-order chi connectivity index (χ0) is 15.9. The average Bonchev–Trinajstić information content (AvgIpc) is 2.40. The number of pyridine rings is 1. The van der Waals surface area contributed by atoms with Gasteiger partial charge in [0.05, 0.1) is 11.9 Å². The van der Waals surface area contributed by atoms with Crippen LogP contribution >= 0.6 is 0 Å². The highest BCUT2D eigenvalue weighted by Crippen LogP contribution is 2.20. The third kappa shape index (κ3) is 6.91. The van der Waals surface area contributed by atoms with Crippen LogP contribution in [0.2, 0.25) is 0 Å². The Kier molecular flexibility index (Phi) is 7.12. The smallest absolute Gasteiger partial charge is 0.0598 e. The van der Waals surface area contributed by atoms with E-state index >= 15 is 0 Å². The zero-order valence-electron chi connectivity index (χ0n) is 14.6. The molecule has 0 amide bonds. The van der Waals surface area contributed by atoms with Crippen LogP contribution in [-0.2, 0) is 6.54 Å². The van der Waals surface area contributed by atoms with Crippen molar-refractivity contribution in [1.29, 1.82) is 0 Å². The predicted octanol–water partition coefficient (Wildman–Crippen LogP) is 2.75. The Morgan fingerprint density at radius 1 is 1.14 bits per heavy atom. The second-order valence-corrected chi connectivity index (χ2v) is 6.90. The first-order chi connectivity index (χ1) is 9.83. The van der Waals surface area contributed by atoms with Gasteiger partial charge in [0.1, 0.15) is 0 Å². The number of likely N-dealkylation sites (N-methyl/N-ethyl adjacent to an activating group) is 1. The maximum absolute atomic E-state index is 4.34. The largest absolute Gasteiger partial charge is 0.369 e. The number of hydrogen-bond acceptors (Lipinski definition) is 4. The molecular weight excluding hydrogens is 260 g/mol. The summed E-state index contributed by atoms with van der Waals surface area (Å²) in [6.45, 7) is 12.9. The van der Waals surface area contributed by atoms with E-state index in [9.17, 15) is 0 Å². The van der Waals surface area contributed by atoms with Crippen molar-refractivity contribution in [2.24, 2.45) is 0 Å². The molecule has 4 heteroatoms. The van der Waals surface area contributed by atoms with Gasteiger partial charge in [0.2, 0.25) is 0 Å². The number of rotatable bonds is 8. The Morgan fingerprint density at radius 2 is 1.86 bits per heavy atom. The molecule has 0 aliphatic heterocycles. The van der Waals surface area contributed by atoms with E-state index in [2.05, 4.69) is 68.0 Å². The van der Waals surface area contributed by atoms with Gasteiger partial charge in [-0.3, -0.25) is 4.98 Å². The van der Waals surface area contributed by atoms with E-state index in [0.717, 1.165) is 32.6 Å². The first kappa shape index (κ1) is 17.9. The van der Waals surface area contributed by atoms with Crippen LogP contribution in [0.4, 0.5) is 5.69 Å². The van der Waals surface area contributed by atoms with Crippen LogP contribution in [0.1, 0.15) is 39.7 Å². The fraction of sp³-hybridized carbons (Fsp3) is 0.706. The van der Waals surface area contributed by atoms with Crippen molar-refractivity contribution in [3.63, 3.8) is 0 Å². The van der Waals surface area contributed by atoms with Crippen molar-refractivity contribution in [1.82, 2.24) is 15.2 Å². The molecule has 0 aliphatic carbocycles. The fourth-order valence-corrected chi connectivity index (χ4v) is 2.15. The summed E-state index contributed by atoms with van der Waals surface area (Å²) in [4.78, 5) is 9.02. The van der Waals surface area contributed by atoms with Gasteiger partial charge >= 0.3 is 0 Å². The summed E-state index contributed by atoms with van der Waals surface area (Å²) in [5, 5.41) is 3.58. The number of nitrogens with zero attached hydrogens (tertiary/aromatic N) is 3. The molecule has 4 nitrogen and oxygen atoms in total. The van der Waals surface area contributed by atoms with Gasteiger partial charge in [-0.1, -0.05) is 6.92 Å². The molecule has 0 unspecified atom stereocenters. The highest BCUT2D eigenvalue weighted by molar-refractivity contribution is 5.51. The maximum Gasteiger partial charge on any atom is 0.0598 e. The van der Waals surface area contributed by atoms with Crippen LogP contribution in [0.15, 0.2) is 18.5 Å². The third-order valence-electron chi connectivity index (χ3n) is 3.35. The summed E-state index contributed by atoms with van der Waals surface area (Å²) in [7, 11) is 4.24. The van der Waals surface area contributed by atoms with Crippen LogP contribution < -0.4 is 10.2 Å². The minimum Gasteiger partial charge on any atom is -0.369 e. The quantitative estimate of drug-likeness (QED) is 0.798. The Balaban J connectivity index is 2.86. The van der Waals surface area contributed by atoms with E-state index in [1.165, 1.54) is 11.3 Å². The van der Waals surface area contributed by atoms with Gasteiger partial charge in [0, 0.05) is 37.9 Å². The lowest BCUT2D eigenvalue weighted by Crippen LogP contribution is -2.37. The first-order valence-corrected chi connectivity index (χ1v) is 7.91. The minimum absolute atomic E-state index is 0.125. The molecule has 0 saturated carbocycles. The van der Waals surface area contributed by atoms with E-state index in [1.54, 1.807) is 0 Å². The Bertz CT molecular complexity index is 409. The third-order valence-corrected chi connectivity index (χ3v) is 3.35. The van der Waals surface area contributed by atoms with Crippen molar-refractivity contribution in [3.05, 3.63) is 24.0 Å². The molecule has 21 heavy (non-hydrogen) atoms. The molecule has 1 N–H and O–H groups in total. The predicted molar refractivity (Wildman–Crippen MR) is 91.9 cm³/mol. The summed E-state index contributed by atoms with van der Waals surface area (Å²) < 4.78 is 0. The lowest BCUT2D eigenvalue weighted by atomic mass is 10.1. The van der Waals surface area contributed by atoms with Gasteiger partial charge in [-0.05, 0) is 52.9 Å². The summed E-state index contributed by atoms with van der Waals surface area (Å²) >= 11 is 0. The number of hydrogen-bond donors (Lipinski definition) is 1. The molecule has 0 aliphatic rings. The topological polar surface area (TPSA) is 31.4 Å². The molecule has 1 aromatic rings. The SMILES string of the molecule is CCCN(CCN(C)C)c1cnccc1CNC(C)(C)C. The molecule has 0 fully saturated rings. The Labute approximate surface area is 130 Å². The van der Waals surface area contributed by atoms with Gasteiger partial charge in [-0.2, -0.15) is 0 Å². The molecule has 1 rings (SSSR count). The molecule has 0 spiro atoms. The molecular formula is C17H32N4. The fourth-order valence-electron chi connectivity index (χ4n) is 2.15. The lowest BCUT2D eigenvalue weighted by Gasteiger charge is -2.29. The average molecular weight is 292 g/mol. The summed E-state index contributed by atoms with van der Waals surface area (Å²) in [5.74, 6) is 0. The molecule has 0 atom stereocenters. The van der Waals surface area contributed by atoms with Crippen LogP contribution in [-0.4, -0.2) is 49.2 Å². The zero-order valence-corrected chi connectivity index (χ0v) is 14.6. The van der Waals surface area contributed by atoms with Gasteiger partial charge in [-0.25, -0.2) is 0 Å². The molecule has 0 saturated heterocycles. The monoisotopic (exact) mass is 292 g/mol. The maximum atomic E-state index is 4.34. The van der Waals surface area contributed by atoms with Gasteiger partial charge in [0.15, 0.2) is 0 Å². The van der Waals surface area contributed by atoms with Crippen LogP contribution in [0, 0.1) is 0 Å². The van der Waals surface area contributed by atoms with Crippen molar-refractivity contribution < 1.29 is 0 Å². The molecule has 1 heterocycles. The van der Waals surface area contributed by atoms with E-state index in [-0.39, 0.29) is 5.54 Å². The van der Waals surface area contributed by atoms with Gasteiger partial charge in [-0.15, -0.1) is 0 Å². The molecule has 0 radical (unpaired) electrons. The van der Waals surface area contributed by atoms with E-state index in [0.29, 0.717) is 0 Å². The summed E-state index contributed by atoms with van der Waals surface area (Å²) in [6, 6.07) is 2.13. The first-order valence-electron chi connectivity index (χ1n) is 7.91. The van der Waals surface area contributed by atoms with Crippen LogP contribution in [0.5, 0.6) is 0 Å². The number of anilines is 1. The molecule has 1 aromatic heterocycles. The Morgan fingerprint density at radius 3 is 2.43 bits per heavy atom. The number of aromatic nitrogens is 1. The second kappa shape index (κ2) is 8.35. The van der Waals surface area contributed by atoms with E-state index < -0.39 is 0 Å². The van der Waals surface area contributed by atoms with E-state index in [4.69, 9.17) is 0 Å². The van der Waals surface area contributed by atoms with Crippen molar-refractivity contribution in [2.45, 2.75) is 46.2 Å². The number of nitrogens with one attached hydrogen (secondary N) is 1.